The lowest BCUT2D eigenvalue weighted by Gasteiger charge is -2.20. The Morgan fingerprint density at radius 3 is 2.84 bits per heavy atom. The third-order valence-corrected chi connectivity index (χ3v) is 4.46. The van der Waals surface area contributed by atoms with E-state index in [1.807, 2.05) is 25.1 Å². The van der Waals surface area contributed by atoms with Gasteiger partial charge >= 0.3 is 5.97 Å². The molecule has 1 aliphatic heterocycles. The van der Waals surface area contributed by atoms with Crippen molar-refractivity contribution in [2.75, 3.05) is 20.2 Å². The molecule has 0 spiro atoms. The average molecular weight is 328 g/mol. The first kappa shape index (κ1) is 14.3. The van der Waals surface area contributed by atoms with E-state index in [4.69, 9.17) is 4.74 Å². The molecule has 1 N–H and O–H groups in total. The summed E-state index contributed by atoms with van der Waals surface area (Å²) in [6, 6.07) is 5.87. The fraction of sp³-hybridized carbons (Fsp3) is 0.500. The lowest BCUT2D eigenvalue weighted by atomic mass is 9.90. The highest BCUT2D eigenvalue weighted by Crippen LogP contribution is 2.32. The number of rotatable bonds is 4. The summed E-state index contributed by atoms with van der Waals surface area (Å²) in [5.41, 5.74) is 0.536. The molecule has 2 rings (SSSR count). The molecule has 1 saturated heterocycles. The van der Waals surface area contributed by atoms with E-state index in [0.29, 0.717) is 13.0 Å². The predicted octanol–water partition coefficient (Wildman–Crippen LogP) is 2.75. The van der Waals surface area contributed by atoms with Crippen molar-refractivity contribution in [3.8, 4) is 5.75 Å². The van der Waals surface area contributed by atoms with Gasteiger partial charge in [0, 0.05) is 17.6 Å². The molecule has 19 heavy (non-hydrogen) atoms. The highest BCUT2D eigenvalue weighted by Gasteiger charge is 2.40. The fourth-order valence-corrected chi connectivity index (χ4v) is 2.87. The molecule has 5 heteroatoms. The van der Waals surface area contributed by atoms with Crippen molar-refractivity contribution in [2.45, 2.75) is 19.9 Å². The van der Waals surface area contributed by atoms with Crippen molar-refractivity contribution in [1.82, 2.24) is 4.90 Å². The maximum absolute atomic E-state index is 11.2. The predicted molar refractivity (Wildman–Crippen MR) is 76.3 cm³/mol. The molecule has 1 aromatic carbocycles. The first-order valence-corrected chi connectivity index (χ1v) is 7.02. The molecule has 1 aromatic rings. The Morgan fingerprint density at radius 1 is 1.58 bits per heavy atom. The lowest BCUT2D eigenvalue weighted by Crippen LogP contribution is -2.31. The summed E-state index contributed by atoms with van der Waals surface area (Å²) in [6.45, 7) is 3.99. The number of nitrogens with zero attached hydrogens (tertiary/aromatic N) is 1. The van der Waals surface area contributed by atoms with E-state index in [0.717, 1.165) is 28.9 Å². The van der Waals surface area contributed by atoms with Crippen molar-refractivity contribution in [3.63, 3.8) is 0 Å². The second-order valence-electron chi connectivity index (χ2n) is 5.28. The van der Waals surface area contributed by atoms with E-state index < -0.39 is 11.4 Å². The zero-order valence-electron chi connectivity index (χ0n) is 11.1. The van der Waals surface area contributed by atoms with Crippen LogP contribution in [0.1, 0.15) is 18.9 Å². The Hall–Kier alpha value is -1.07. The van der Waals surface area contributed by atoms with Gasteiger partial charge in [-0.25, -0.2) is 0 Å². The van der Waals surface area contributed by atoms with Crippen LogP contribution in [0.5, 0.6) is 5.75 Å². The van der Waals surface area contributed by atoms with Crippen LogP contribution in [-0.4, -0.2) is 36.2 Å². The smallest absolute Gasteiger partial charge is 0.310 e. The van der Waals surface area contributed by atoms with Gasteiger partial charge in [-0.1, -0.05) is 22.0 Å². The van der Waals surface area contributed by atoms with Crippen LogP contribution in [0, 0.1) is 5.41 Å². The molecule has 0 amide bonds. The first-order valence-electron chi connectivity index (χ1n) is 6.23. The number of ether oxygens (including phenoxy) is 1. The molecule has 4 nitrogen and oxygen atoms in total. The van der Waals surface area contributed by atoms with Crippen molar-refractivity contribution < 1.29 is 14.6 Å². The number of benzene rings is 1. The molecule has 0 saturated carbocycles. The first-order chi connectivity index (χ1) is 8.94. The molecule has 0 aromatic heterocycles. The van der Waals surface area contributed by atoms with E-state index in [-0.39, 0.29) is 0 Å². The molecule has 1 fully saturated rings. The number of aliphatic carboxylic acids is 1. The molecule has 0 radical (unpaired) electrons. The minimum Gasteiger partial charge on any atom is -0.497 e. The van der Waals surface area contributed by atoms with E-state index in [1.165, 1.54) is 0 Å². The van der Waals surface area contributed by atoms with E-state index >= 15 is 0 Å². The summed E-state index contributed by atoms with van der Waals surface area (Å²) in [4.78, 5) is 13.4. The Balaban J connectivity index is 2.05. The van der Waals surface area contributed by atoms with Crippen LogP contribution >= 0.6 is 15.9 Å². The van der Waals surface area contributed by atoms with Crippen LogP contribution in [0.3, 0.4) is 0 Å². The standard InChI is InChI=1S/C14H18BrNO3/c1-14(13(17)18)5-6-16(9-14)8-10-3-4-11(19-2)7-12(10)15/h3-4,7H,5-6,8-9H2,1-2H3,(H,17,18). The average Bonchev–Trinajstić information content (AvgIpc) is 2.75. The van der Waals surface area contributed by atoms with Gasteiger partial charge in [-0.15, -0.1) is 0 Å². The zero-order valence-corrected chi connectivity index (χ0v) is 12.7. The largest absolute Gasteiger partial charge is 0.497 e. The van der Waals surface area contributed by atoms with Gasteiger partial charge in [0.2, 0.25) is 0 Å². The van der Waals surface area contributed by atoms with Crippen LogP contribution in [0.4, 0.5) is 0 Å². The number of hydrogen-bond acceptors (Lipinski definition) is 3. The fourth-order valence-electron chi connectivity index (χ4n) is 2.39. The number of likely N-dealkylation sites (tertiary alicyclic amines) is 1. The summed E-state index contributed by atoms with van der Waals surface area (Å²) < 4.78 is 6.16. The van der Waals surface area contributed by atoms with Crippen molar-refractivity contribution in [3.05, 3.63) is 28.2 Å². The van der Waals surface area contributed by atoms with Gasteiger partial charge in [0.1, 0.15) is 5.75 Å². The molecule has 1 aliphatic rings. The van der Waals surface area contributed by atoms with Crippen LogP contribution in [0.25, 0.3) is 0 Å². The highest BCUT2D eigenvalue weighted by molar-refractivity contribution is 9.10. The quantitative estimate of drug-likeness (QED) is 0.923. The maximum Gasteiger partial charge on any atom is 0.310 e. The van der Waals surface area contributed by atoms with Gasteiger partial charge in [0.05, 0.1) is 12.5 Å². The minimum atomic E-state index is -0.705. The number of hydrogen-bond donors (Lipinski definition) is 1. The number of carbonyl (C=O) groups is 1. The van der Waals surface area contributed by atoms with Gasteiger partial charge in [0.25, 0.3) is 0 Å². The number of halogens is 1. The SMILES string of the molecule is COc1ccc(CN2CCC(C)(C(=O)O)C2)c(Br)c1. The Kier molecular flexibility index (Phi) is 4.16. The number of methoxy groups -OCH3 is 1. The van der Waals surface area contributed by atoms with Crippen LogP contribution in [0.15, 0.2) is 22.7 Å². The summed E-state index contributed by atoms with van der Waals surface area (Å²) in [6.07, 6.45) is 0.704. The molecular formula is C14H18BrNO3. The van der Waals surface area contributed by atoms with E-state index in [9.17, 15) is 9.90 Å². The molecule has 1 heterocycles. The van der Waals surface area contributed by atoms with Crippen molar-refractivity contribution in [2.24, 2.45) is 5.41 Å². The van der Waals surface area contributed by atoms with Gasteiger partial charge in [-0.05, 0) is 37.6 Å². The van der Waals surface area contributed by atoms with Gasteiger partial charge in [-0.2, -0.15) is 0 Å². The van der Waals surface area contributed by atoms with Crippen LogP contribution in [0.2, 0.25) is 0 Å². The number of carboxylic acids is 1. The monoisotopic (exact) mass is 327 g/mol. The van der Waals surface area contributed by atoms with Gasteiger partial charge in [-0.3, -0.25) is 9.69 Å². The lowest BCUT2D eigenvalue weighted by molar-refractivity contribution is -0.147. The highest BCUT2D eigenvalue weighted by atomic mass is 79.9. The Labute approximate surface area is 121 Å². The second kappa shape index (κ2) is 5.51. The minimum absolute atomic E-state index is 0.598. The Bertz CT molecular complexity index is 492. The third-order valence-electron chi connectivity index (χ3n) is 3.72. The van der Waals surface area contributed by atoms with Gasteiger partial charge in [0.15, 0.2) is 0 Å². The van der Waals surface area contributed by atoms with Gasteiger partial charge < -0.3 is 9.84 Å². The van der Waals surface area contributed by atoms with Crippen LogP contribution < -0.4 is 4.74 Å². The maximum atomic E-state index is 11.2. The second-order valence-corrected chi connectivity index (χ2v) is 6.14. The van der Waals surface area contributed by atoms with Crippen LogP contribution in [-0.2, 0) is 11.3 Å². The topological polar surface area (TPSA) is 49.8 Å². The molecule has 104 valence electrons. The summed E-state index contributed by atoms with van der Waals surface area (Å²) in [7, 11) is 1.64. The van der Waals surface area contributed by atoms with Crippen molar-refractivity contribution in [1.29, 1.82) is 0 Å². The molecule has 1 unspecified atom stereocenters. The summed E-state index contributed by atoms with van der Waals surface area (Å²) >= 11 is 3.53. The third kappa shape index (κ3) is 3.09. The molecule has 0 aliphatic carbocycles. The van der Waals surface area contributed by atoms with Crippen molar-refractivity contribution >= 4 is 21.9 Å². The molecule has 1 atom stereocenters. The zero-order chi connectivity index (χ0) is 14.0. The number of carboxylic acid groups (broad SMARTS) is 1. The molecule has 0 bridgehead atoms. The molecular weight excluding hydrogens is 310 g/mol. The normalized spacial score (nSPS) is 23.5. The Morgan fingerprint density at radius 2 is 2.32 bits per heavy atom. The van der Waals surface area contributed by atoms with E-state index in [1.54, 1.807) is 7.11 Å². The van der Waals surface area contributed by atoms with E-state index in [2.05, 4.69) is 20.8 Å². The summed E-state index contributed by atoms with van der Waals surface area (Å²) in [5, 5.41) is 9.23. The summed E-state index contributed by atoms with van der Waals surface area (Å²) in [5.74, 6) is 0.108.